The van der Waals surface area contributed by atoms with Crippen LogP contribution in [0.5, 0.6) is 11.5 Å². The Hall–Kier alpha value is -7.97. The van der Waals surface area contributed by atoms with E-state index in [0.29, 0.717) is 25.7 Å². The summed E-state index contributed by atoms with van der Waals surface area (Å²) in [7, 11) is 1.48. The quantitative estimate of drug-likeness (QED) is 0.0817. The summed E-state index contributed by atoms with van der Waals surface area (Å²) in [5.74, 6) is -1.71. The highest BCUT2D eigenvalue weighted by Crippen LogP contribution is 2.52. The molecule has 0 saturated carbocycles. The number of aromatic hydroxyl groups is 2. The van der Waals surface area contributed by atoms with Crippen LogP contribution in [0.4, 0.5) is 18.0 Å². The van der Waals surface area contributed by atoms with Crippen molar-refractivity contribution in [2.24, 2.45) is 16.7 Å². The molecule has 6 aliphatic rings. The van der Waals surface area contributed by atoms with Crippen molar-refractivity contribution >= 4 is 47.8 Å². The average Bonchev–Trinajstić information content (AvgIpc) is 1.78. The van der Waals surface area contributed by atoms with Gasteiger partial charge in [0.1, 0.15) is 47.3 Å². The molecule has 2 fully saturated rings. The molecule has 7 amide bonds. The minimum Gasteiger partial charge on any atom is -0.508 e. The number of phenols is 2. The molecule has 0 spiro atoms. The molecular weight excluding hydrogens is 1150 g/mol. The molecule has 4 aromatic rings. The number of fused-ring (bicyclic) bond motifs is 8. The molecule has 89 heavy (non-hydrogen) atoms. The van der Waals surface area contributed by atoms with Gasteiger partial charge in [-0.25, -0.2) is 4.79 Å². The van der Waals surface area contributed by atoms with Crippen LogP contribution in [0.25, 0.3) is 0 Å². The zero-order valence-corrected chi connectivity index (χ0v) is 52.8. The molecule has 10 atom stereocenters. The average molecular weight is 1230 g/mol. The number of benzene rings is 4. The first-order valence-corrected chi connectivity index (χ1v) is 30.9. The molecule has 4 aromatic carbocycles. The van der Waals surface area contributed by atoms with E-state index in [-0.39, 0.29) is 71.5 Å². The number of alkyl halides is 3. The van der Waals surface area contributed by atoms with Crippen LogP contribution in [0, 0.1) is 16.7 Å². The Labute approximate surface area is 519 Å². The maximum atomic E-state index is 14.5. The molecule has 0 radical (unpaired) electrons. The van der Waals surface area contributed by atoms with Crippen LogP contribution >= 0.6 is 0 Å². The van der Waals surface area contributed by atoms with Gasteiger partial charge in [0, 0.05) is 25.8 Å². The van der Waals surface area contributed by atoms with Gasteiger partial charge in [-0.15, -0.1) is 0 Å². The Balaban J connectivity index is 0.000000213. The summed E-state index contributed by atoms with van der Waals surface area (Å²) in [5, 5.41) is 33.2. The van der Waals surface area contributed by atoms with E-state index in [1.54, 1.807) is 67.8 Å². The van der Waals surface area contributed by atoms with Crippen LogP contribution in [0.15, 0.2) is 84.9 Å². The third-order valence-corrected chi connectivity index (χ3v) is 18.4. The lowest BCUT2D eigenvalue weighted by Gasteiger charge is -2.36. The highest BCUT2D eigenvalue weighted by atomic mass is 19.4. The van der Waals surface area contributed by atoms with Crippen molar-refractivity contribution in [3.8, 4) is 11.5 Å². The van der Waals surface area contributed by atoms with E-state index in [1.807, 2.05) is 71.9 Å². The summed E-state index contributed by atoms with van der Waals surface area (Å²) in [5.41, 5.74) is 6.24. The topological polar surface area (TPSA) is 244 Å². The van der Waals surface area contributed by atoms with Crippen LogP contribution in [0.2, 0.25) is 0 Å². The fourth-order valence-corrected chi connectivity index (χ4v) is 13.7. The lowest BCUT2D eigenvalue weighted by Crippen LogP contribution is -2.58. The lowest BCUT2D eigenvalue weighted by molar-refractivity contribution is -0.156. The van der Waals surface area contributed by atoms with Crippen LogP contribution in [0.1, 0.15) is 183 Å². The molecule has 2 unspecified atom stereocenters. The molecule has 0 aromatic heterocycles. The molecule has 480 valence electrons. The zero-order chi connectivity index (χ0) is 65.2. The number of likely N-dealkylation sites (N-methyl/N-ethyl adjacent to an activating group) is 1. The van der Waals surface area contributed by atoms with Gasteiger partial charge in [0.25, 0.3) is 0 Å². The Morgan fingerprint density at radius 1 is 0.640 bits per heavy atom. The molecule has 4 heterocycles. The first kappa shape index (κ1) is 67.0. The van der Waals surface area contributed by atoms with E-state index in [9.17, 15) is 56.9 Å². The number of hydrogen-bond acceptors (Lipinski definition) is 11. The van der Waals surface area contributed by atoms with Gasteiger partial charge in [-0.05, 0) is 165 Å². The standard InChI is InChI=1S/C35H46N4O6.C31H39N3O4.C2HF3O/c1-20(38(7)33(44)45-34(2,3)4)30(41)37-27-17-22-15-16-23(40)18-25(22)28-19-35(5,6)29(39(28)32(27)43)31(42)36-26-14-10-12-21-11-8-9-13-24(21)26;1-5-18(2)28(36)33-25-15-20-13-14-21(35)16-23(20)26-17-31(3,4)27(34(26)30(25)38)29(37)32-24-12-8-10-19-9-6-7-11-22(19)24;3-2(4,5)1-6/h8-9,11,13,15-16,18,20,26-29,40H,10,12,14,17,19H2,1-7H3,(H,36,42)(H,37,41);6-7,9,11,13-14,16,18,24-27,35H,5,8,10,12,15,17H2,1-4H3,(H,32,37)(H,33,36);1H/t20-,26+,27-,28+,29?;18-,24-,25+,26-,27?;/m01./s1. The first-order valence-electron chi connectivity index (χ1n) is 30.9. The van der Waals surface area contributed by atoms with E-state index < -0.39 is 77.1 Å². The van der Waals surface area contributed by atoms with Gasteiger partial charge in [0.05, 0.1) is 24.2 Å². The summed E-state index contributed by atoms with van der Waals surface area (Å²) >= 11 is 0. The Kier molecular flexibility index (Phi) is 20.0. The number of carbonyl (C=O) groups is 8. The fraction of sp³-hybridized carbons (Fsp3) is 0.529. The largest absolute Gasteiger partial charge is 0.508 e. The number of carbonyl (C=O) groups excluding carboxylic acids is 8. The number of rotatable bonds is 10. The van der Waals surface area contributed by atoms with Gasteiger partial charge in [-0.1, -0.05) is 102 Å². The number of aryl methyl sites for hydroxylation is 2. The smallest absolute Gasteiger partial charge is 0.446 e. The SMILES string of the molecule is CC[C@@H](C)C(=O)N[C@H]1Cc2ccc(O)cc2[C@H]2CC(C)(C)C(C(=O)N[C@@H]3CCCc4ccccc43)N2C1=O.C[C@@H](C(=O)N[C@H]1Cc2ccc(O)cc2[C@H]2CC(C)(C)C(C(=O)N[C@@H]3CCCc4ccccc43)N2C1=O)N(C)C(=O)OC(C)(C)C.O=CC(F)(F)F. The summed E-state index contributed by atoms with van der Waals surface area (Å²) in [4.78, 5) is 109. The van der Waals surface area contributed by atoms with E-state index >= 15 is 0 Å². The first-order chi connectivity index (χ1) is 41.7. The molecule has 2 saturated heterocycles. The van der Waals surface area contributed by atoms with Crippen molar-refractivity contribution in [2.75, 3.05) is 7.05 Å². The number of nitrogens with zero attached hydrogens (tertiary/aromatic N) is 3. The number of amides is 7. The van der Waals surface area contributed by atoms with E-state index in [1.165, 1.54) is 23.1 Å². The molecule has 2 aliphatic carbocycles. The Morgan fingerprint density at radius 2 is 1.04 bits per heavy atom. The second kappa shape index (κ2) is 26.6. The number of hydrogen-bond donors (Lipinski definition) is 6. The third-order valence-electron chi connectivity index (χ3n) is 18.4. The molecule has 10 rings (SSSR count). The van der Waals surface area contributed by atoms with Crippen LogP contribution in [-0.4, -0.2) is 122 Å². The normalized spacial score (nSPS) is 24.3. The van der Waals surface area contributed by atoms with Crippen LogP contribution in [-0.2, 0) is 64.0 Å². The highest BCUT2D eigenvalue weighted by molar-refractivity contribution is 5.97. The molecular formula is C68H86F3N7O11. The minimum atomic E-state index is -4.64. The van der Waals surface area contributed by atoms with Crippen molar-refractivity contribution in [3.05, 3.63) is 129 Å². The maximum absolute atomic E-state index is 14.5. The summed E-state index contributed by atoms with van der Waals surface area (Å²) < 4.78 is 36.7. The van der Waals surface area contributed by atoms with Crippen molar-refractivity contribution in [1.82, 2.24) is 36.0 Å². The van der Waals surface area contributed by atoms with Gasteiger partial charge < -0.3 is 46.0 Å². The maximum Gasteiger partial charge on any atom is 0.446 e. The Morgan fingerprint density at radius 3 is 1.44 bits per heavy atom. The lowest BCUT2D eigenvalue weighted by atomic mass is 9.81. The summed E-state index contributed by atoms with van der Waals surface area (Å²) in [6.45, 7) is 18.6. The Bertz CT molecular complexity index is 3340. The monoisotopic (exact) mass is 1230 g/mol. The minimum absolute atomic E-state index is 0.0702. The van der Waals surface area contributed by atoms with Crippen LogP contribution < -0.4 is 21.3 Å². The third kappa shape index (κ3) is 15.0. The van der Waals surface area contributed by atoms with Gasteiger partial charge >= 0.3 is 12.3 Å². The number of ether oxygens (including phenoxy) is 1. The second-order valence-corrected chi connectivity index (χ2v) is 27.1. The summed E-state index contributed by atoms with van der Waals surface area (Å²) in [6.07, 6.45) is 1.51. The van der Waals surface area contributed by atoms with Crippen LogP contribution in [0.3, 0.4) is 0 Å². The second-order valence-electron chi connectivity index (χ2n) is 27.1. The van der Waals surface area contributed by atoms with E-state index in [4.69, 9.17) is 9.53 Å². The van der Waals surface area contributed by atoms with Gasteiger partial charge in [-0.2, -0.15) is 13.2 Å². The van der Waals surface area contributed by atoms with Crippen molar-refractivity contribution in [2.45, 2.75) is 206 Å². The molecule has 21 heteroatoms. The van der Waals surface area contributed by atoms with Gasteiger partial charge in [0.2, 0.25) is 41.7 Å². The van der Waals surface area contributed by atoms with Crippen molar-refractivity contribution in [1.29, 1.82) is 0 Å². The highest BCUT2D eigenvalue weighted by Gasteiger charge is 2.57. The number of aldehydes is 1. The fourth-order valence-electron chi connectivity index (χ4n) is 13.7. The number of nitrogens with one attached hydrogen (secondary N) is 4. The van der Waals surface area contributed by atoms with Gasteiger partial charge in [0.15, 0.2) is 0 Å². The zero-order valence-electron chi connectivity index (χ0n) is 52.8. The van der Waals surface area contributed by atoms with Crippen molar-refractivity contribution in [3.63, 3.8) is 0 Å². The molecule has 18 nitrogen and oxygen atoms in total. The number of halogens is 3. The summed E-state index contributed by atoms with van der Waals surface area (Å²) in [6, 6.07) is 21.3. The van der Waals surface area contributed by atoms with E-state index in [0.717, 1.165) is 71.9 Å². The molecule has 4 aliphatic heterocycles. The van der Waals surface area contributed by atoms with Gasteiger partial charge in [-0.3, -0.25) is 38.5 Å². The predicted octanol–water partition coefficient (Wildman–Crippen LogP) is 9.64. The molecule has 6 N–H and O–H groups in total. The van der Waals surface area contributed by atoms with Crippen molar-refractivity contribution < 1.29 is 66.5 Å². The number of phenolic OH excluding ortho intramolecular Hbond substituents is 2. The molecule has 0 bridgehead atoms. The predicted molar refractivity (Wildman–Crippen MR) is 327 cm³/mol. The van der Waals surface area contributed by atoms with E-state index in [2.05, 4.69) is 45.5 Å².